The molecule has 2 aromatic carbocycles. The van der Waals surface area contributed by atoms with Crippen LogP contribution in [0.5, 0.6) is 0 Å². The van der Waals surface area contributed by atoms with Crippen LogP contribution < -0.4 is 20.9 Å². The zero-order valence-corrected chi connectivity index (χ0v) is 19.7. The Morgan fingerprint density at radius 3 is 2.37 bits per heavy atom. The summed E-state index contributed by atoms with van der Waals surface area (Å²) in [6, 6.07) is 8.49. The number of carbonyl (C=O) groups is 2. The Labute approximate surface area is 202 Å². The molecule has 1 aliphatic heterocycles. The van der Waals surface area contributed by atoms with Crippen molar-refractivity contribution in [2.75, 3.05) is 69.0 Å². The van der Waals surface area contributed by atoms with Gasteiger partial charge in [-0.1, -0.05) is 6.07 Å². The monoisotopic (exact) mass is 493 g/mol. The van der Waals surface area contributed by atoms with Crippen molar-refractivity contribution in [2.45, 2.75) is 12.6 Å². The quantitative estimate of drug-likeness (QED) is 0.486. The van der Waals surface area contributed by atoms with Crippen molar-refractivity contribution in [1.82, 2.24) is 10.2 Å². The molecule has 1 saturated heterocycles. The highest BCUT2D eigenvalue weighted by molar-refractivity contribution is 6.04. The highest BCUT2D eigenvalue weighted by Gasteiger charge is 2.30. The van der Waals surface area contributed by atoms with Crippen LogP contribution in [0.2, 0.25) is 0 Å². The third-order valence-corrected chi connectivity index (χ3v) is 5.47. The van der Waals surface area contributed by atoms with E-state index in [0.29, 0.717) is 23.5 Å². The number of hydrogen-bond acceptors (Lipinski definition) is 5. The first kappa shape index (κ1) is 26.3. The predicted molar refractivity (Wildman–Crippen MR) is 129 cm³/mol. The number of nitrogens with one attached hydrogen (secondary N) is 3. The molecule has 3 N–H and O–H groups in total. The van der Waals surface area contributed by atoms with Gasteiger partial charge >= 0.3 is 12.2 Å². The third kappa shape index (κ3) is 7.86. The fraction of sp³-hybridized carbons (Fsp3) is 0.417. The van der Waals surface area contributed by atoms with Crippen molar-refractivity contribution in [1.29, 1.82) is 0 Å². The lowest BCUT2D eigenvalue weighted by Gasteiger charge is -2.26. The van der Waals surface area contributed by atoms with E-state index in [1.165, 1.54) is 12.1 Å². The Morgan fingerprint density at radius 1 is 1.03 bits per heavy atom. The standard InChI is InChI=1S/C24H30F3N5O3/c1-31(2)21-8-7-19(30-23(34)29-18-6-3-5-17(15-18)24(25,26)27)16-20(21)22(33)28-9-4-10-32-11-13-35-14-12-32/h3,5-8,15-16H,4,9-14H2,1-2H3,(H,28,33)(H2,29,30,34). The summed E-state index contributed by atoms with van der Waals surface area (Å²) in [4.78, 5) is 29.3. The summed E-state index contributed by atoms with van der Waals surface area (Å²) >= 11 is 0. The number of alkyl halides is 3. The molecule has 3 amide bonds. The first-order valence-corrected chi connectivity index (χ1v) is 11.3. The van der Waals surface area contributed by atoms with Crippen molar-refractivity contribution in [3.05, 3.63) is 53.6 Å². The number of benzene rings is 2. The SMILES string of the molecule is CN(C)c1ccc(NC(=O)Nc2cccc(C(F)(F)F)c2)cc1C(=O)NCCCN1CCOCC1. The first-order chi connectivity index (χ1) is 16.6. The molecule has 0 saturated carbocycles. The fourth-order valence-corrected chi connectivity index (χ4v) is 3.68. The van der Waals surface area contributed by atoms with Gasteiger partial charge in [0.15, 0.2) is 0 Å². The van der Waals surface area contributed by atoms with Gasteiger partial charge in [-0.15, -0.1) is 0 Å². The Balaban J connectivity index is 1.61. The number of urea groups is 1. The third-order valence-electron chi connectivity index (χ3n) is 5.47. The zero-order valence-electron chi connectivity index (χ0n) is 19.7. The lowest BCUT2D eigenvalue weighted by atomic mass is 10.1. The Hall–Kier alpha value is -3.31. The van der Waals surface area contributed by atoms with Crippen LogP contribution in [-0.2, 0) is 10.9 Å². The smallest absolute Gasteiger partial charge is 0.379 e. The van der Waals surface area contributed by atoms with E-state index < -0.39 is 17.8 Å². The highest BCUT2D eigenvalue weighted by atomic mass is 19.4. The Bertz CT molecular complexity index is 1020. The van der Waals surface area contributed by atoms with Gasteiger partial charge in [-0.05, 0) is 49.4 Å². The molecule has 0 bridgehead atoms. The summed E-state index contributed by atoms with van der Waals surface area (Å²) in [5.41, 5.74) is 0.509. The van der Waals surface area contributed by atoms with Crippen LogP contribution in [0, 0.1) is 0 Å². The number of morpholine rings is 1. The number of nitrogens with zero attached hydrogens (tertiary/aromatic N) is 2. The van der Waals surface area contributed by atoms with E-state index in [0.717, 1.165) is 51.4 Å². The average Bonchev–Trinajstić information content (AvgIpc) is 2.81. The first-order valence-electron chi connectivity index (χ1n) is 11.3. The molecule has 0 aliphatic carbocycles. The lowest BCUT2D eigenvalue weighted by molar-refractivity contribution is -0.137. The number of anilines is 3. The van der Waals surface area contributed by atoms with Gasteiger partial charge in [0.05, 0.1) is 24.3 Å². The van der Waals surface area contributed by atoms with E-state index in [-0.39, 0.29) is 11.6 Å². The maximum atomic E-state index is 12.9. The van der Waals surface area contributed by atoms with Gasteiger partial charge in [-0.3, -0.25) is 9.69 Å². The summed E-state index contributed by atoms with van der Waals surface area (Å²) in [6.07, 6.45) is -3.72. The minimum absolute atomic E-state index is 0.000436. The summed E-state index contributed by atoms with van der Waals surface area (Å²) in [7, 11) is 3.61. The molecule has 1 aliphatic rings. The maximum Gasteiger partial charge on any atom is 0.416 e. The van der Waals surface area contributed by atoms with Crippen molar-refractivity contribution >= 4 is 29.0 Å². The van der Waals surface area contributed by atoms with Gasteiger partial charge in [0, 0.05) is 50.8 Å². The zero-order chi connectivity index (χ0) is 25.4. The molecule has 8 nitrogen and oxygen atoms in total. The number of carbonyl (C=O) groups excluding carboxylic acids is 2. The molecule has 0 atom stereocenters. The van der Waals surface area contributed by atoms with Crippen molar-refractivity contribution in [3.8, 4) is 0 Å². The largest absolute Gasteiger partial charge is 0.416 e. The molecule has 11 heteroatoms. The minimum Gasteiger partial charge on any atom is -0.379 e. The van der Waals surface area contributed by atoms with Crippen molar-refractivity contribution in [3.63, 3.8) is 0 Å². The number of rotatable bonds is 8. The van der Waals surface area contributed by atoms with Crippen molar-refractivity contribution < 1.29 is 27.5 Å². The molecular weight excluding hydrogens is 463 g/mol. The van der Waals surface area contributed by atoms with Crippen LogP contribution in [0.4, 0.5) is 35.0 Å². The van der Waals surface area contributed by atoms with Gasteiger partial charge in [0.2, 0.25) is 0 Å². The maximum absolute atomic E-state index is 12.9. The van der Waals surface area contributed by atoms with Crippen LogP contribution in [0.1, 0.15) is 22.3 Å². The second kappa shape index (κ2) is 11.9. The van der Waals surface area contributed by atoms with E-state index >= 15 is 0 Å². The highest BCUT2D eigenvalue weighted by Crippen LogP contribution is 2.30. The minimum atomic E-state index is -4.51. The molecule has 2 aromatic rings. The van der Waals surface area contributed by atoms with Crippen LogP contribution in [0.3, 0.4) is 0 Å². The van der Waals surface area contributed by atoms with Crippen LogP contribution in [-0.4, -0.2) is 70.3 Å². The second-order valence-corrected chi connectivity index (χ2v) is 8.35. The molecule has 0 spiro atoms. The van der Waals surface area contributed by atoms with Gasteiger partial charge < -0.3 is 25.6 Å². The summed E-state index contributed by atoms with van der Waals surface area (Å²) in [6.45, 7) is 4.57. The van der Waals surface area contributed by atoms with E-state index in [2.05, 4.69) is 20.9 Å². The molecule has 35 heavy (non-hydrogen) atoms. The number of hydrogen-bond donors (Lipinski definition) is 3. The molecule has 1 heterocycles. The molecular formula is C24H30F3N5O3. The number of halogens is 3. The molecule has 1 fully saturated rings. The summed E-state index contributed by atoms with van der Waals surface area (Å²) in [5, 5.41) is 7.88. The molecule has 0 unspecified atom stereocenters. The number of amides is 3. The average molecular weight is 494 g/mol. The van der Waals surface area contributed by atoms with Crippen LogP contribution in [0.25, 0.3) is 0 Å². The molecule has 190 valence electrons. The Morgan fingerprint density at radius 2 is 1.71 bits per heavy atom. The van der Waals surface area contributed by atoms with Gasteiger partial charge in [-0.2, -0.15) is 13.2 Å². The summed E-state index contributed by atoms with van der Waals surface area (Å²) in [5.74, 6) is -0.280. The predicted octanol–water partition coefficient (Wildman–Crippen LogP) is 3.87. The topological polar surface area (TPSA) is 85.9 Å². The lowest BCUT2D eigenvalue weighted by Crippen LogP contribution is -2.38. The van der Waals surface area contributed by atoms with Crippen LogP contribution in [0.15, 0.2) is 42.5 Å². The van der Waals surface area contributed by atoms with Gasteiger partial charge in [0.25, 0.3) is 5.91 Å². The van der Waals surface area contributed by atoms with Gasteiger partial charge in [-0.25, -0.2) is 4.79 Å². The summed E-state index contributed by atoms with van der Waals surface area (Å²) < 4.78 is 44.0. The fourth-order valence-electron chi connectivity index (χ4n) is 3.68. The molecule has 0 radical (unpaired) electrons. The second-order valence-electron chi connectivity index (χ2n) is 8.35. The van der Waals surface area contributed by atoms with Crippen LogP contribution >= 0.6 is 0 Å². The van der Waals surface area contributed by atoms with E-state index in [9.17, 15) is 22.8 Å². The Kier molecular flexibility index (Phi) is 8.94. The normalized spacial score (nSPS) is 14.3. The van der Waals surface area contributed by atoms with E-state index in [1.807, 2.05) is 0 Å². The van der Waals surface area contributed by atoms with E-state index in [4.69, 9.17) is 4.74 Å². The number of ether oxygens (including phenoxy) is 1. The molecule has 0 aromatic heterocycles. The molecule has 3 rings (SSSR count). The van der Waals surface area contributed by atoms with Crippen molar-refractivity contribution in [2.24, 2.45) is 0 Å². The van der Waals surface area contributed by atoms with E-state index in [1.54, 1.807) is 37.2 Å². The van der Waals surface area contributed by atoms with Gasteiger partial charge in [0.1, 0.15) is 0 Å².